The topological polar surface area (TPSA) is 131 Å². The molecule has 4 N–H and O–H groups in total. The molecule has 0 bridgehead atoms. The van der Waals surface area contributed by atoms with E-state index in [9.17, 15) is 32.3 Å². The Bertz CT molecular complexity index is 1570. The number of nitrogens with one attached hydrogen (secondary N) is 2. The Morgan fingerprint density at radius 2 is 1.69 bits per heavy atom. The Balaban J connectivity index is 1.52. The molecule has 0 unspecified atom stereocenters. The Kier molecular flexibility index (Phi) is 10.8. The van der Waals surface area contributed by atoms with Gasteiger partial charge in [0.2, 0.25) is 17.7 Å². The second kappa shape index (κ2) is 14.6. The standard InChI is InChI=1S/C32H32ClF3N4O5/c1-19-15-28(45-32(34,35)36)25(17-23(19)33)39-30(43)24(13-14-37)38-31(44)26-16-21-9-5-6-10-22(21)18-40(26)29(42)12-11-27(41)20-7-3-2-4-8-20/h2-10,15,17,24,26H,11-14,16,18,37H2,1H3,(H,38,44)(H,39,43)/t24-,26-/m0/s1. The summed E-state index contributed by atoms with van der Waals surface area (Å²) in [5.74, 6) is -2.83. The second-order valence-electron chi connectivity index (χ2n) is 10.6. The minimum Gasteiger partial charge on any atom is -0.404 e. The maximum atomic E-state index is 13.7. The van der Waals surface area contributed by atoms with E-state index in [4.69, 9.17) is 17.3 Å². The molecule has 238 valence electrons. The minimum atomic E-state index is -5.04. The van der Waals surface area contributed by atoms with Crippen LogP contribution in [0.4, 0.5) is 18.9 Å². The van der Waals surface area contributed by atoms with Crippen LogP contribution in [0.1, 0.15) is 46.3 Å². The number of amides is 3. The summed E-state index contributed by atoms with van der Waals surface area (Å²) in [5.41, 5.74) is 7.79. The fourth-order valence-electron chi connectivity index (χ4n) is 5.04. The van der Waals surface area contributed by atoms with E-state index in [-0.39, 0.29) is 60.8 Å². The molecule has 0 radical (unpaired) electrons. The van der Waals surface area contributed by atoms with Gasteiger partial charge in [0.25, 0.3) is 0 Å². The Hall–Kier alpha value is -4.42. The van der Waals surface area contributed by atoms with Gasteiger partial charge in [-0.25, -0.2) is 0 Å². The first-order valence-electron chi connectivity index (χ1n) is 14.2. The lowest BCUT2D eigenvalue weighted by atomic mass is 9.92. The molecule has 9 nitrogen and oxygen atoms in total. The van der Waals surface area contributed by atoms with Crippen LogP contribution in [-0.2, 0) is 27.3 Å². The highest BCUT2D eigenvalue weighted by atomic mass is 35.5. The van der Waals surface area contributed by atoms with Gasteiger partial charge in [-0.1, -0.05) is 66.2 Å². The molecule has 0 saturated heterocycles. The van der Waals surface area contributed by atoms with Crippen molar-refractivity contribution in [2.24, 2.45) is 5.73 Å². The zero-order valence-electron chi connectivity index (χ0n) is 24.3. The number of nitrogens with two attached hydrogens (primary N) is 1. The van der Waals surface area contributed by atoms with Crippen LogP contribution in [-0.4, -0.2) is 53.4 Å². The molecule has 1 aliphatic heterocycles. The molecule has 1 heterocycles. The number of ketones is 1. The monoisotopic (exact) mass is 644 g/mol. The van der Waals surface area contributed by atoms with Crippen molar-refractivity contribution in [2.45, 2.75) is 57.6 Å². The first-order chi connectivity index (χ1) is 21.4. The third-order valence-corrected chi connectivity index (χ3v) is 7.77. The van der Waals surface area contributed by atoms with Gasteiger partial charge < -0.3 is 26.0 Å². The number of carbonyl (C=O) groups excluding carboxylic acids is 4. The number of carbonyl (C=O) groups is 4. The molecular formula is C32H32ClF3N4O5. The molecule has 0 aliphatic carbocycles. The SMILES string of the molecule is Cc1cc(OC(F)(F)F)c(NC(=O)[C@H](CCN)NC(=O)[C@@H]2Cc3ccccc3CN2C(=O)CCC(=O)c2ccccc2)cc1Cl. The number of anilines is 1. The van der Waals surface area contributed by atoms with Crippen molar-refractivity contribution in [3.05, 3.63) is 94.0 Å². The number of hydrogen-bond donors (Lipinski definition) is 3. The molecule has 45 heavy (non-hydrogen) atoms. The molecule has 1 aliphatic rings. The number of aryl methyl sites for hydroxylation is 1. The summed E-state index contributed by atoms with van der Waals surface area (Å²) in [5, 5.41) is 5.06. The minimum absolute atomic E-state index is 0.0450. The molecule has 0 aromatic heterocycles. The van der Waals surface area contributed by atoms with E-state index in [2.05, 4.69) is 15.4 Å². The predicted octanol–water partition coefficient (Wildman–Crippen LogP) is 4.94. The fraction of sp³-hybridized carbons (Fsp3) is 0.312. The van der Waals surface area contributed by atoms with Crippen LogP contribution < -0.4 is 21.1 Å². The Labute approximate surface area is 262 Å². The van der Waals surface area contributed by atoms with Crippen molar-refractivity contribution < 1.29 is 37.1 Å². The highest BCUT2D eigenvalue weighted by molar-refractivity contribution is 6.31. The van der Waals surface area contributed by atoms with Crippen LogP contribution >= 0.6 is 11.6 Å². The number of halogens is 4. The van der Waals surface area contributed by atoms with Gasteiger partial charge in [0.05, 0.1) is 5.69 Å². The summed E-state index contributed by atoms with van der Waals surface area (Å²) in [7, 11) is 0. The van der Waals surface area contributed by atoms with Gasteiger partial charge >= 0.3 is 6.36 Å². The molecule has 0 spiro atoms. The molecule has 0 fully saturated rings. The summed E-state index contributed by atoms with van der Waals surface area (Å²) in [6.45, 7) is 1.54. The van der Waals surface area contributed by atoms with Crippen molar-refractivity contribution in [1.82, 2.24) is 10.2 Å². The van der Waals surface area contributed by atoms with Gasteiger partial charge in [-0.05, 0) is 48.7 Å². The van der Waals surface area contributed by atoms with Crippen LogP contribution in [0.2, 0.25) is 5.02 Å². The fourth-order valence-corrected chi connectivity index (χ4v) is 5.20. The van der Waals surface area contributed by atoms with E-state index < -0.39 is 41.9 Å². The van der Waals surface area contributed by atoms with E-state index in [0.717, 1.165) is 23.3 Å². The normalized spacial score (nSPS) is 15.1. The number of hydrogen-bond acceptors (Lipinski definition) is 6. The number of nitrogens with zero attached hydrogens (tertiary/aromatic N) is 1. The quantitative estimate of drug-likeness (QED) is 0.254. The zero-order chi connectivity index (χ0) is 32.7. The molecular weight excluding hydrogens is 613 g/mol. The average molecular weight is 645 g/mol. The summed E-state index contributed by atoms with van der Waals surface area (Å²) in [4.78, 5) is 54.4. The molecule has 4 rings (SSSR count). The van der Waals surface area contributed by atoms with E-state index in [1.807, 2.05) is 24.3 Å². The molecule has 3 amide bonds. The first-order valence-corrected chi connectivity index (χ1v) is 14.6. The summed E-state index contributed by atoms with van der Waals surface area (Å²) >= 11 is 6.10. The van der Waals surface area contributed by atoms with Gasteiger partial charge in [-0.3, -0.25) is 19.2 Å². The van der Waals surface area contributed by atoms with Crippen LogP contribution in [0.5, 0.6) is 5.75 Å². The number of Topliss-reactive ketones (excluding diaryl/α,β-unsaturated/α-hetero) is 1. The van der Waals surface area contributed by atoms with Gasteiger partial charge in [-0.2, -0.15) is 0 Å². The van der Waals surface area contributed by atoms with Crippen molar-refractivity contribution in [3.8, 4) is 5.75 Å². The number of ether oxygens (including phenoxy) is 1. The van der Waals surface area contributed by atoms with Crippen molar-refractivity contribution in [1.29, 1.82) is 0 Å². The van der Waals surface area contributed by atoms with E-state index in [1.165, 1.54) is 11.8 Å². The largest absolute Gasteiger partial charge is 0.573 e. The summed E-state index contributed by atoms with van der Waals surface area (Å²) in [6.07, 6.45) is -5.15. The van der Waals surface area contributed by atoms with Gasteiger partial charge in [0.1, 0.15) is 12.1 Å². The molecule has 3 aromatic rings. The van der Waals surface area contributed by atoms with Crippen molar-refractivity contribution >= 4 is 40.8 Å². The van der Waals surface area contributed by atoms with Gasteiger partial charge in [-0.15, -0.1) is 13.2 Å². The van der Waals surface area contributed by atoms with Crippen LogP contribution in [0.3, 0.4) is 0 Å². The third kappa shape index (κ3) is 8.83. The van der Waals surface area contributed by atoms with E-state index in [1.54, 1.807) is 30.3 Å². The predicted molar refractivity (Wildman–Crippen MR) is 162 cm³/mol. The van der Waals surface area contributed by atoms with Crippen LogP contribution in [0, 0.1) is 6.92 Å². The summed E-state index contributed by atoms with van der Waals surface area (Å²) in [6, 6.07) is 15.7. The second-order valence-corrected chi connectivity index (χ2v) is 11.0. The number of benzene rings is 3. The molecule has 3 aromatic carbocycles. The number of alkyl halides is 3. The average Bonchev–Trinajstić information content (AvgIpc) is 3.00. The zero-order valence-corrected chi connectivity index (χ0v) is 25.1. The molecule has 2 atom stereocenters. The Morgan fingerprint density at radius 3 is 2.36 bits per heavy atom. The van der Waals surface area contributed by atoms with Crippen molar-refractivity contribution in [3.63, 3.8) is 0 Å². The highest BCUT2D eigenvalue weighted by Crippen LogP contribution is 2.35. The lowest BCUT2D eigenvalue weighted by Crippen LogP contribution is -2.56. The number of rotatable bonds is 11. The first kappa shape index (κ1) is 33.5. The smallest absolute Gasteiger partial charge is 0.404 e. The third-order valence-electron chi connectivity index (χ3n) is 7.37. The van der Waals surface area contributed by atoms with E-state index >= 15 is 0 Å². The summed E-state index contributed by atoms with van der Waals surface area (Å²) < 4.78 is 43.2. The van der Waals surface area contributed by atoms with Crippen LogP contribution in [0.15, 0.2) is 66.7 Å². The highest BCUT2D eigenvalue weighted by Gasteiger charge is 2.37. The maximum Gasteiger partial charge on any atom is 0.573 e. The Morgan fingerprint density at radius 1 is 1.02 bits per heavy atom. The number of fused-ring (bicyclic) bond motifs is 1. The van der Waals surface area contributed by atoms with Gasteiger partial charge in [0.15, 0.2) is 11.5 Å². The molecule has 13 heteroatoms. The maximum absolute atomic E-state index is 13.7. The van der Waals surface area contributed by atoms with Crippen molar-refractivity contribution in [2.75, 3.05) is 11.9 Å². The van der Waals surface area contributed by atoms with E-state index in [0.29, 0.717) is 5.56 Å². The lowest BCUT2D eigenvalue weighted by Gasteiger charge is -2.36. The van der Waals surface area contributed by atoms with Crippen LogP contribution in [0.25, 0.3) is 0 Å². The lowest BCUT2D eigenvalue weighted by molar-refractivity contribution is -0.274. The molecule has 0 saturated carbocycles. The van der Waals surface area contributed by atoms with Gasteiger partial charge in [0, 0.05) is 36.4 Å².